The molecule has 0 aromatic rings. The van der Waals surface area contributed by atoms with Crippen molar-refractivity contribution in [1.29, 1.82) is 0 Å². The van der Waals surface area contributed by atoms with E-state index in [1.54, 1.807) is 0 Å². The zero-order valence-corrected chi connectivity index (χ0v) is 15.9. The maximum absolute atomic E-state index is 12.4. The lowest BCUT2D eigenvalue weighted by atomic mass is 9.86. The molecule has 5 nitrogen and oxygen atoms in total. The first-order chi connectivity index (χ1) is 11.3. The van der Waals surface area contributed by atoms with Crippen LogP contribution in [0.5, 0.6) is 0 Å². The molecule has 0 aromatic heterocycles. The summed E-state index contributed by atoms with van der Waals surface area (Å²) in [6, 6.07) is 1.24. The van der Waals surface area contributed by atoms with Gasteiger partial charge in [0, 0.05) is 31.3 Å². The fraction of sp³-hybridized carbons (Fsp3) is 0.947. The lowest BCUT2D eigenvalue weighted by Crippen LogP contribution is -2.45. The van der Waals surface area contributed by atoms with Crippen molar-refractivity contribution >= 4 is 6.09 Å². The molecule has 2 aliphatic rings. The second-order valence-corrected chi connectivity index (χ2v) is 8.67. The minimum Gasteiger partial charge on any atom is -0.444 e. The third-order valence-electron chi connectivity index (χ3n) is 5.26. The van der Waals surface area contributed by atoms with Gasteiger partial charge < -0.3 is 20.1 Å². The summed E-state index contributed by atoms with van der Waals surface area (Å²) in [4.78, 5) is 14.3. The molecule has 1 aliphatic carbocycles. The van der Waals surface area contributed by atoms with Gasteiger partial charge in [-0.2, -0.15) is 0 Å². The van der Waals surface area contributed by atoms with Crippen LogP contribution in [0.4, 0.5) is 4.79 Å². The van der Waals surface area contributed by atoms with Crippen LogP contribution in [0.3, 0.4) is 0 Å². The number of rotatable bonds is 5. The van der Waals surface area contributed by atoms with Crippen molar-refractivity contribution in [2.24, 2.45) is 5.92 Å². The Bertz CT molecular complexity index is 400. The zero-order chi connectivity index (χ0) is 17.7. The maximum atomic E-state index is 12.4. The Morgan fingerprint density at radius 1 is 1.25 bits per heavy atom. The third kappa shape index (κ3) is 5.92. The van der Waals surface area contributed by atoms with Gasteiger partial charge in [0.25, 0.3) is 0 Å². The lowest BCUT2D eigenvalue weighted by Gasteiger charge is -2.33. The molecule has 2 N–H and O–H groups in total. The Hall–Kier alpha value is -0.810. The van der Waals surface area contributed by atoms with Crippen LogP contribution in [0.1, 0.15) is 72.6 Å². The van der Waals surface area contributed by atoms with Gasteiger partial charge in [0.15, 0.2) is 0 Å². The van der Waals surface area contributed by atoms with E-state index in [0.717, 1.165) is 51.5 Å². The van der Waals surface area contributed by atoms with E-state index in [4.69, 9.17) is 4.74 Å². The van der Waals surface area contributed by atoms with Gasteiger partial charge in [0.1, 0.15) is 5.60 Å². The van der Waals surface area contributed by atoms with Gasteiger partial charge in [-0.3, -0.25) is 0 Å². The van der Waals surface area contributed by atoms with E-state index in [1.807, 2.05) is 25.7 Å². The first-order valence-corrected chi connectivity index (χ1v) is 9.65. The number of carbonyl (C=O) groups excluding carboxylic acids is 1. The van der Waals surface area contributed by atoms with E-state index >= 15 is 0 Å². The molecule has 1 aliphatic heterocycles. The van der Waals surface area contributed by atoms with Gasteiger partial charge in [-0.25, -0.2) is 4.79 Å². The minimum atomic E-state index is -0.431. The Balaban J connectivity index is 1.78. The lowest BCUT2D eigenvalue weighted by molar-refractivity contribution is 0.0213. The van der Waals surface area contributed by atoms with E-state index in [-0.39, 0.29) is 12.1 Å². The molecule has 5 heteroatoms. The smallest absolute Gasteiger partial charge is 0.410 e. The predicted octanol–water partition coefficient (Wildman–Crippen LogP) is 3.31. The molecule has 2 unspecified atom stereocenters. The number of hydrogen-bond donors (Lipinski definition) is 2. The Labute approximate surface area is 147 Å². The Morgan fingerprint density at radius 2 is 1.92 bits per heavy atom. The highest BCUT2D eigenvalue weighted by molar-refractivity contribution is 5.68. The maximum Gasteiger partial charge on any atom is 0.410 e. The SMILES string of the molecule is CC(CC1CCCN1C(=O)OC(C)(C)C)NC1CCC(CO)CC1. The number of nitrogens with zero attached hydrogens (tertiary/aromatic N) is 1. The number of carbonyl (C=O) groups is 1. The number of aliphatic hydroxyl groups is 1. The Kier molecular flexibility index (Phi) is 6.93. The molecule has 2 rings (SSSR count). The average molecular weight is 341 g/mol. The van der Waals surface area contributed by atoms with Crippen LogP contribution in [0.2, 0.25) is 0 Å². The monoisotopic (exact) mass is 340 g/mol. The van der Waals surface area contributed by atoms with Crippen LogP contribution in [0.15, 0.2) is 0 Å². The quantitative estimate of drug-likeness (QED) is 0.806. The molecule has 24 heavy (non-hydrogen) atoms. The van der Waals surface area contributed by atoms with Crippen molar-refractivity contribution in [1.82, 2.24) is 10.2 Å². The largest absolute Gasteiger partial charge is 0.444 e. The molecule has 2 fully saturated rings. The van der Waals surface area contributed by atoms with Crippen molar-refractivity contribution in [3.8, 4) is 0 Å². The number of amides is 1. The molecule has 2 atom stereocenters. The van der Waals surface area contributed by atoms with E-state index in [0.29, 0.717) is 24.6 Å². The second kappa shape index (κ2) is 8.52. The summed E-state index contributed by atoms with van der Waals surface area (Å²) in [5, 5.41) is 13.0. The molecule has 1 saturated heterocycles. The highest BCUT2D eigenvalue weighted by Gasteiger charge is 2.33. The molecule has 1 amide bonds. The number of hydrogen-bond acceptors (Lipinski definition) is 4. The molecule has 1 saturated carbocycles. The van der Waals surface area contributed by atoms with Crippen molar-refractivity contribution in [2.45, 2.75) is 96.4 Å². The topological polar surface area (TPSA) is 61.8 Å². The van der Waals surface area contributed by atoms with E-state index in [2.05, 4.69) is 12.2 Å². The standard InChI is InChI=1S/C19H36N2O3/c1-14(20-16-9-7-15(13-22)8-10-16)12-17-6-5-11-21(17)18(23)24-19(2,3)4/h14-17,20,22H,5-13H2,1-4H3. The molecular weight excluding hydrogens is 304 g/mol. The molecule has 0 spiro atoms. The first kappa shape index (κ1) is 19.5. The van der Waals surface area contributed by atoms with Crippen LogP contribution in [-0.2, 0) is 4.74 Å². The van der Waals surface area contributed by atoms with Gasteiger partial charge in [-0.05, 0) is 78.6 Å². The summed E-state index contributed by atoms with van der Waals surface area (Å²) >= 11 is 0. The molecule has 0 radical (unpaired) electrons. The number of aliphatic hydroxyl groups excluding tert-OH is 1. The molecule has 140 valence electrons. The van der Waals surface area contributed by atoms with E-state index in [9.17, 15) is 9.90 Å². The normalized spacial score (nSPS) is 29.5. The average Bonchev–Trinajstić information content (AvgIpc) is 2.94. The third-order valence-corrected chi connectivity index (χ3v) is 5.26. The van der Waals surface area contributed by atoms with Gasteiger partial charge in [-0.1, -0.05) is 0 Å². The first-order valence-electron chi connectivity index (χ1n) is 9.65. The fourth-order valence-electron chi connectivity index (χ4n) is 4.03. The van der Waals surface area contributed by atoms with Crippen molar-refractivity contribution in [2.75, 3.05) is 13.2 Å². The van der Waals surface area contributed by atoms with Crippen LogP contribution < -0.4 is 5.32 Å². The highest BCUT2D eigenvalue weighted by Crippen LogP contribution is 2.26. The van der Waals surface area contributed by atoms with Gasteiger partial charge in [0.2, 0.25) is 0 Å². The van der Waals surface area contributed by atoms with Gasteiger partial charge >= 0.3 is 6.09 Å². The van der Waals surface area contributed by atoms with Gasteiger partial charge in [-0.15, -0.1) is 0 Å². The van der Waals surface area contributed by atoms with Crippen molar-refractivity contribution < 1.29 is 14.6 Å². The van der Waals surface area contributed by atoms with Crippen LogP contribution in [0.25, 0.3) is 0 Å². The number of ether oxygens (including phenoxy) is 1. The molecule has 0 aromatic carbocycles. The number of nitrogens with one attached hydrogen (secondary N) is 1. The summed E-state index contributed by atoms with van der Waals surface area (Å²) in [7, 11) is 0. The minimum absolute atomic E-state index is 0.166. The number of likely N-dealkylation sites (tertiary alicyclic amines) is 1. The molecule has 1 heterocycles. The van der Waals surface area contributed by atoms with Crippen LogP contribution >= 0.6 is 0 Å². The van der Waals surface area contributed by atoms with Crippen molar-refractivity contribution in [3.05, 3.63) is 0 Å². The summed E-state index contributed by atoms with van der Waals surface area (Å²) < 4.78 is 5.55. The van der Waals surface area contributed by atoms with Crippen molar-refractivity contribution in [3.63, 3.8) is 0 Å². The summed E-state index contributed by atoms with van der Waals surface area (Å²) in [5.74, 6) is 0.496. The van der Waals surface area contributed by atoms with Crippen LogP contribution in [0, 0.1) is 5.92 Å². The summed E-state index contributed by atoms with van der Waals surface area (Å²) in [6.45, 7) is 9.13. The second-order valence-electron chi connectivity index (χ2n) is 8.67. The Morgan fingerprint density at radius 3 is 2.50 bits per heavy atom. The van der Waals surface area contributed by atoms with Crippen LogP contribution in [-0.4, -0.2) is 53.0 Å². The molecular formula is C19H36N2O3. The predicted molar refractivity (Wildman–Crippen MR) is 96.0 cm³/mol. The van der Waals surface area contributed by atoms with E-state index < -0.39 is 5.60 Å². The van der Waals surface area contributed by atoms with Gasteiger partial charge in [0.05, 0.1) is 0 Å². The van der Waals surface area contributed by atoms with E-state index in [1.165, 1.54) is 0 Å². The summed E-state index contributed by atoms with van der Waals surface area (Å²) in [5.41, 5.74) is -0.431. The zero-order valence-electron chi connectivity index (χ0n) is 15.9. The fourth-order valence-corrected chi connectivity index (χ4v) is 4.03. The summed E-state index contributed by atoms with van der Waals surface area (Å²) in [6.07, 6.45) is 7.50. The highest BCUT2D eigenvalue weighted by atomic mass is 16.6. The molecule has 0 bridgehead atoms.